The first kappa shape index (κ1) is 19.4. The first-order valence-corrected chi connectivity index (χ1v) is 10.5. The van der Waals surface area contributed by atoms with Crippen LogP contribution in [0.3, 0.4) is 0 Å². The summed E-state index contributed by atoms with van der Waals surface area (Å²) in [4.78, 5) is 8.13. The Morgan fingerprint density at radius 1 is 1.32 bits per heavy atom. The number of hydrogen-bond acceptors (Lipinski definition) is 4. The fraction of sp³-hybridized carbons (Fsp3) is 0.353. The summed E-state index contributed by atoms with van der Waals surface area (Å²) in [5, 5.41) is 10.5. The number of benzene rings is 1. The highest BCUT2D eigenvalue weighted by atomic mass is 32.2. The number of aliphatic imine (C=N–C) groups is 1. The van der Waals surface area contributed by atoms with Crippen LogP contribution in [-0.4, -0.2) is 39.4 Å². The minimum Gasteiger partial charge on any atom is -0.357 e. The Morgan fingerprint density at radius 2 is 2.12 bits per heavy atom. The lowest BCUT2D eigenvalue weighted by Gasteiger charge is -2.21. The van der Waals surface area contributed by atoms with Crippen molar-refractivity contribution < 1.29 is 8.42 Å². The molecule has 0 radical (unpaired) electrons. The molecule has 0 aliphatic heterocycles. The van der Waals surface area contributed by atoms with Gasteiger partial charge in [0.1, 0.15) is 0 Å². The number of thiophene rings is 1. The normalized spacial score (nSPS) is 12.2. The standard InChI is InChI=1S/C17H24N4O2S2/c1-3-19-17(21(2)10-9-15-7-5-11-24-15)20-13-14-6-4-8-16(12-14)25(18,22)23/h4-8,11-12H,3,9-10,13H2,1-2H3,(H,19,20)(H2,18,22,23). The molecule has 0 unspecified atom stereocenters. The minimum atomic E-state index is -3.70. The molecule has 2 rings (SSSR count). The lowest BCUT2D eigenvalue weighted by molar-refractivity contribution is 0.486. The molecule has 136 valence electrons. The van der Waals surface area contributed by atoms with Gasteiger partial charge in [0.25, 0.3) is 0 Å². The Morgan fingerprint density at radius 3 is 2.76 bits per heavy atom. The topological polar surface area (TPSA) is 87.8 Å². The average molecular weight is 381 g/mol. The van der Waals surface area contributed by atoms with E-state index in [-0.39, 0.29) is 4.90 Å². The highest BCUT2D eigenvalue weighted by Crippen LogP contribution is 2.12. The Hall–Kier alpha value is -1.90. The van der Waals surface area contributed by atoms with Crippen molar-refractivity contribution in [3.63, 3.8) is 0 Å². The van der Waals surface area contributed by atoms with E-state index >= 15 is 0 Å². The molecule has 25 heavy (non-hydrogen) atoms. The summed E-state index contributed by atoms with van der Waals surface area (Å²) < 4.78 is 22.9. The Bertz CT molecular complexity index is 802. The minimum absolute atomic E-state index is 0.108. The van der Waals surface area contributed by atoms with E-state index in [4.69, 9.17) is 5.14 Å². The number of sulfonamides is 1. The average Bonchev–Trinajstić information content (AvgIpc) is 3.09. The lowest BCUT2D eigenvalue weighted by atomic mass is 10.2. The van der Waals surface area contributed by atoms with Gasteiger partial charge in [-0.2, -0.15) is 0 Å². The van der Waals surface area contributed by atoms with Crippen molar-refractivity contribution in [1.29, 1.82) is 0 Å². The van der Waals surface area contributed by atoms with Crippen LogP contribution in [-0.2, 0) is 23.0 Å². The smallest absolute Gasteiger partial charge is 0.238 e. The predicted octanol–water partition coefficient (Wildman–Crippen LogP) is 2.04. The summed E-state index contributed by atoms with van der Waals surface area (Å²) in [6.07, 6.45) is 0.958. The molecule has 1 aromatic carbocycles. The molecule has 0 fully saturated rings. The van der Waals surface area contributed by atoms with Crippen LogP contribution in [0.1, 0.15) is 17.4 Å². The fourth-order valence-electron chi connectivity index (χ4n) is 2.30. The van der Waals surface area contributed by atoms with Crippen LogP contribution in [0.25, 0.3) is 0 Å². The van der Waals surface area contributed by atoms with Gasteiger partial charge in [-0.25, -0.2) is 18.5 Å². The van der Waals surface area contributed by atoms with E-state index in [1.54, 1.807) is 23.5 Å². The molecule has 1 heterocycles. The Labute approximate surface area is 153 Å². The predicted molar refractivity (Wildman–Crippen MR) is 103 cm³/mol. The number of rotatable bonds is 7. The van der Waals surface area contributed by atoms with Crippen molar-refractivity contribution in [2.24, 2.45) is 10.1 Å². The second-order valence-corrected chi connectivity index (χ2v) is 8.21. The van der Waals surface area contributed by atoms with Crippen LogP contribution in [0.4, 0.5) is 0 Å². The second kappa shape index (κ2) is 8.98. The highest BCUT2D eigenvalue weighted by molar-refractivity contribution is 7.89. The van der Waals surface area contributed by atoms with Crippen molar-refractivity contribution in [3.8, 4) is 0 Å². The SMILES string of the molecule is CCNC(=NCc1cccc(S(N)(=O)=O)c1)N(C)CCc1cccs1. The fourth-order valence-corrected chi connectivity index (χ4v) is 3.58. The van der Waals surface area contributed by atoms with Crippen molar-refractivity contribution in [1.82, 2.24) is 10.2 Å². The van der Waals surface area contributed by atoms with E-state index in [9.17, 15) is 8.42 Å². The number of hydrogen-bond donors (Lipinski definition) is 2. The van der Waals surface area contributed by atoms with E-state index in [0.717, 1.165) is 31.0 Å². The number of likely N-dealkylation sites (N-methyl/N-ethyl adjacent to an activating group) is 1. The molecule has 0 aliphatic carbocycles. The second-order valence-electron chi connectivity index (χ2n) is 5.61. The third kappa shape index (κ3) is 6.15. The molecule has 0 bridgehead atoms. The first-order chi connectivity index (χ1) is 11.9. The zero-order chi connectivity index (χ0) is 18.3. The summed E-state index contributed by atoms with van der Waals surface area (Å²) in [5.74, 6) is 0.792. The zero-order valence-corrected chi connectivity index (χ0v) is 16.1. The van der Waals surface area contributed by atoms with Gasteiger partial charge in [-0.05, 0) is 42.5 Å². The highest BCUT2D eigenvalue weighted by Gasteiger charge is 2.09. The van der Waals surface area contributed by atoms with Gasteiger partial charge < -0.3 is 10.2 Å². The molecule has 0 amide bonds. The summed E-state index contributed by atoms with van der Waals surface area (Å²) >= 11 is 1.75. The van der Waals surface area contributed by atoms with E-state index in [0.29, 0.717) is 6.54 Å². The van der Waals surface area contributed by atoms with Gasteiger partial charge in [0.15, 0.2) is 5.96 Å². The van der Waals surface area contributed by atoms with E-state index in [1.165, 1.54) is 10.9 Å². The van der Waals surface area contributed by atoms with Crippen LogP contribution in [0.5, 0.6) is 0 Å². The van der Waals surface area contributed by atoms with Gasteiger partial charge in [0.2, 0.25) is 10.0 Å². The molecule has 0 atom stereocenters. The number of primary sulfonamides is 1. The molecular formula is C17H24N4O2S2. The van der Waals surface area contributed by atoms with Crippen LogP contribution in [0.2, 0.25) is 0 Å². The molecule has 8 heteroatoms. The molecule has 0 saturated carbocycles. The molecule has 1 aromatic heterocycles. The molecule has 0 saturated heterocycles. The summed E-state index contributed by atoms with van der Waals surface area (Å²) in [7, 11) is -1.70. The van der Waals surface area contributed by atoms with Gasteiger partial charge in [0, 0.05) is 25.0 Å². The third-order valence-corrected chi connectivity index (χ3v) is 5.46. The van der Waals surface area contributed by atoms with Crippen LogP contribution in [0.15, 0.2) is 51.7 Å². The van der Waals surface area contributed by atoms with Crippen molar-refractivity contribution in [3.05, 3.63) is 52.2 Å². The zero-order valence-electron chi connectivity index (χ0n) is 14.5. The maximum absolute atomic E-state index is 11.5. The third-order valence-electron chi connectivity index (χ3n) is 3.61. The molecule has 0 spiro atoms. The molecule has 2 aromatic rings. The summed E-state index contributed by atoms with van der Waals surface area (Å²) in [5.41, 5.74) is 0.800. The van der Waals surface area contributed by atoms with E-state index < -0.39 is 10.0 Å². The first-order valence-electron chi connectivity index (χ1n) is 8.03. The largest absolute Gasteiger partial charge is 0.357 e. The summed E-state index contributed by atoms with van der Waals surface area (Å²) in [6.45, 7) is 4.02. The number of guanidine groups is 1. The molecule has 0 aliphatic rings. The quantitative estimate of drug-likeness (QED) is 0.568. The number of nitrogens with zero attached hydrogens (tertiary/aromatic N) is 2. The Balaban J connectivity index is 2.05. The lowest BCUT2D eigenvalue weighted by Crippen LogP contribution is -2.39. The summed E-state index contributed by atoms with van der Waals surface area (Å²) in [6, 6.07) is 10.7. The van der Waals surface area contributed by atoms with E-state index in [1.807, 2.05) is 20.0 Å². The molecular weight excluding hydrogens is 356 g/mol. The van der Waals surface area contributed by atoms with E-state index in [2.05, 4.69) is 32.7 Å². The maximum Gasteiger partial charge on any atom is 0.238 e. The van der Waals surface area contributed by atoms with Gasteiger partial charge in [-0.3, -0.25) is 0 Å². The monoisotopic (exact) mass is 380 g/mol. The number of nitrogens with two attached hydrogens (primary N) is 1. The van der Waals surface area contributed by atoms with Gasteiger partial charge in [-0.1, -0.05) is 18.2 Å². The maximum atomic E-state index is 11.5. The van der Waals surface area contributed by atoms with Gasteiger partial charge in [-0.15, -0.1) is 11.3 Å². The van der Waals surface area contributed by atoms with Gasteiger partial charge >= 0.3 is 0 Å². The van der Waals surface area contributed by atoms with Gasteiger partial charge in [0.05, 0.1) is 11.4 Å². The van der Waals surface area contributed by atoms with Crippen LogP contribution in [0, 0.1) is 0 Å². The molecule has 6 nitrogen and oxygen atoms in total. The number of nitrogens with one attached hydrogen (secondary N) is 1. The molecule has 3 N–H and O–H groups in total. The van der Waals surface area contributed by atoms with Crippen LogP contribution < -0.4 is 10.5 Å². The van der Waals surface area contributed by atoms with Crippen molar-refractivity contribution in [2.75, 3.05) is 20.1 Å². The van der Waals surface area contributed by atoms with Crippen molar-refractivity contribution >= 4 is 27.3 Å². The van der Waals surface area contributed by atoms with Crippen LogP contribution >= 0.6 is 11.3 Å². The Kier molecular flexibility index (Phi) is 6.98. The van der Waals surface area contributed by atoms with Crippen molar-refractivity contribution in [2.45, 2.75) is 24.8 Å².